The van der Waals surface area contributed by atoms with Crippen LogP contribution in [0.4, 0.5) is 5.69 Å². The van der Waals surface area contributed by atoms with E-state index in [1.165, 1.54) is 13.2 Å². The molecule has 0 aliphatic carbocycles. The van der Waals surface area contributed by atoms with E-state index < -0.39 is 0 Å². The Morgan fingerprint density at radius 2 is 1.78 bits per heavy atom. The predicted octanol–water partition coefficient (Wildman–Crippen LogP) is 6.66. The number of benzene rings is 3. The molecule has 0 bridgehead atoms. The van der Waals surface area contributed by atoms with Gasteiger partial charge in [0.1, 0.15) is 12.4 Å². The van der Waals surface area contributed by atoms with Crippen LogP contribution < -0.4 is 19.5 Å². The molecule has 0 radical (unpaired) electrons. The molecular formula is C25H23BrClNO4. The van der Waals surface area contributed by atoms with Crippen molar-refractivity contribution in [1.82, 2.24) is 0 Å². The minimum absolute atomic E-state index is 0.301. The normalized spacial score (nSPS) is 10.8. The summed E-state index contributed by atoms with van der Waals surface area (Å²) in [7, 11) is 3.10. The molecule has 166 valence electrons. The largest absolute Gasteiger partial charge is 0.495 e. The predicted molar refractivity (Wildman–Crippen MR) is 132 cm³/mol. The van der Waals surface area contributed by atoms with Crippen LogP contribution in [-0.4, -0.2) is 20.1 Å². The Labute approximate surface area is 201 Å². The number of nitrogens with one attached hydrogen (secondary N) is 1. The van der Waals surface area contributed by atoms with Gasteiger partial charge in [-0.25, -0.2) is 0 Å². The number of ether oxygens (including phenoxy) is 3. The quantitative estimate of drug-likeness (QED) is 0.340. The van der Waals surface area contributed by atoms with Crippen molar-refractivity contribution in [2.75, 3.05) is 19.5 Å². The number of aryl methyl sites for hydroxylation is 1. The maximum absolute atomic E-state index is 12.5. The Morgan fingerprint density at radius 1 is 1.06 bits per heavy atom. The van der Waals surface area contributed by atoms with Crippen LogP contribution in [0.25, 0.3) is 6.08 Å². The maximum atomic E-state index is 12.5. The van der Waals surface area contributed by atoms with Crippen molar-refractivity contribution in [2.24, 2.45) is 0 Å². The Morgan fingerprint density at radius 3 is 2.47 bits per heavy atom. The number of hydrogen-bond acceptors (Lipinski definition) is 4. The van der Waals surface area contributed by atoms with Crippen LogP contribution in [0.3, 0.4) is 0 Å². The molecule has 3 aromatic carbocycles. The second kappa shape index (κ2) is 11.1. The maximum Gasteiger partial charge on any atom is 0.248 e. The first kappa shape index (κ1) is 23.7. The fourth-order valence-corrected chi connectivity index (χ4v) is 3.71. The van der Waals surface area contributed by atoms with Gasteiger partial charge in [0.15, 0.2) is 11.5 Å². The Bertz CT molecular complexity index is 1130. The lowest BCUT2D eigenvalue weighted by Gasteiger charge is -2.14. The summed E-state index contributed by atoms with van der Waals surface area (Å²) in [6.45, 7) is 2.27. The topological polar surface area (TPSA) is 56.8 Å². The van der Waals surface area contributed by atoms with E-state index in [1.54, 1.807) is 25.3 Å². The summed E-state index contributed by atoms with van der Waals surface area (Å²) in [5.41, 5.74) is 3.21. The molecule has 3 rings (SSSR count). The Hall–Kier alpha value is -2.96. The van der Waals surface area contributed by atoms with Gasteiger partial charge in [-0.05, 0) is 63.8 Å². The molecule has 0 aromatic heterocycles. The summed E-state index contributed by atoms with van der Waals surface area (Å²) in [6.07, 6.45) is 3.13. The number of anilines is 1. The minimum atomic E-state index is -0.301. The third-order valence-corrected chi connectivity index (χ3v) is 5.64. The molecule has 0 heterocycles. The van der Waals surface area contributed by atoms with Crippen LogP contribution in [0.5, 0.6) is 17.2 Å². The summed E-state index contributed by atoms with van der Waals surface area (Å²) in [5.74, 6) is 1.35. The summed E-state index contributed by atoms with van der Waals surface area (Å²) in [4.78, 5) is 12.5. The second-order valence-corrected chi connectivity index (χ2v) is 8.19. The molecule has 0 saturated carbocycles. The van der Waals surface area contributed by atoms with Crippen LogP contribution in [0.1, 0.15) is 16.7 Å². The average molecular weight is 517 g/mol. The van der Waals surface area contributed by atoms with Crippen LogP contribution in [0.2, 0.25) is 5.02 Å². The molecule has 0 spiro atoms. The number of carbonyl (C=O) groups excluding carboxylic acids is 1. The van der Waals surface area contributed by atoms with Crippen molar-refractivity contribution in [3.05, 3.63) is 86.9 Å². The standard InChI is InChI=1S/C25H23BrClNO4/c1-16-11-21(22(30-2)14-20(16)27)28-24(29)10-9-18-12-19(26)25(23(13-18)31-3)32-15-17-7-5-4-6-8-17/h4-14H,15H2,1-3H3,(H,28,29)/b10-9+. The van der Waals surface area contributed by atoms with Crippen molar-refractivity contribution in [3.8, 4) is 17.2 Å². The van der Waals surface area contributed by atoms with E-state index in [0.29, 0.717) is 34.6 Å². The third kappa shape index (κ3) is 6.05. The SMILES string of the molecule is COc1cc(Cl)c(C)cc1NC(=O)/C=C/c1cc(Br)c(OCc2ccccc2)c(OC)c1. The van der Waals surface area contributed by atoms with Crippen molar-refractivity contribution in [3.63, 3.8) is 0 Å². The highest BCUT2D eigenvalue weighted by molar-refractivity contribution is 9.10. The van der Waals surface area contributed by atoms with Crippen LogP contribution >= 0.6 is 27.5 Å². The third-order valence-electron chi connectivity index (χ3n) is 4.64. The van der Waals surface area contributed by atoms with E-state index in [9.17, 15) is 4.79 Å². The summed E-state index contributed by atoms with van der Waals surface area (Å²) in [5, 5.41) is 3.39. The lowest BCUT2D eigenvalue weighted by Crippen LogP contribution is -2.09. The van der Waals surface area contributed by atoms with E-state index >= 15 is 0 Å². The van der Waals surface area contributed by atoms with Gasteiger partial charge in [-0.1, -0.05) is 41.9 Å². The summed E-state index contributed by atoms with van der Waals surface area (Å²) < 4.78 is 17.5. The molecule has 7 heteroatoms. The average Bonchev–Trinajstić information content (AvgIpc) is 2.79. The van der Waals surface area contributed by atoms with Gasteiger partial charge in [-0.2, -0.15) is 0 Å². The van der Waals surface area contributed by atoms with Crippen molar-refractivity contribution in [2.45, 2.75) is 13.5 Å². The molecule has 0 saturated heterocycles. The molecule has 0 fully saturated rings. The van der Waals surface area contributed by atoms with Crippen LogP contribution in [0.15, 0.2) is 65.1 Å². The molecule has 3 aromatic rings. The van der Waals surface area contributed by atoms with Gasteiger partial charge < -0.3 is 19.5 Å². The van der Waals surface area contributed by atoms with E-state index in [4.69, 9.17) is 25.8 Å². The Balaban J connectivity index is 1.73. The van der Waals surface area contributed by atoms with Crippen molar-refractivity contribution < 1.29 is 19.0 Å². The summed E-state index contributed by atoms with van der Waals surface area (Å²) in [6, 6.07) is 17.0. The Kier molecular flexibility index (Phi) is 8.20. The zero-order chi connectivity index (χ0) is 23.1. The van der Waals surface area contributed by atoms with Gasteiger partial charge in [-0.15, -0.1) is 0 Å². The fourth-order valence-electron chi connectivity index (χ4n) is 2.98. The molecule has 0 aliphatic rings. The number of methoxy groups -OCH3 is 2. The zero-order valence-corrected chi connectivity index (χ0v) is 20.3. The highest BCUT2D eigenvalue weighted by Gasteiger charge is 2.12. The highest BCUT2D eigenvalue weighted by atomic mass is 79.9. The molecule has 32 heavy (non-hydrogen) atoms. The van der Waals surface area contributed by atoms with Gasteiger partial charge in [0, 0.05) is 17.2 Å². The van der Waals surface area contributed by atoms with E-state index in [0.717, 1.165) is 21.2 Å². The molecule has 0 unspecified atom stereocenters. The summed E-state index contributed by atoms with van der Waals surface area (Å²) >= 11 is 9.66. The van der Waals surface area contributed by atoms with Crippen molar-refractivity contribution >= 4 is 45.2 Å². The number of amides is 1. The lowest BCUT2D eigenvalue weighted by molar-refractivity contribution is -0.111. The second-order valence-electron chi connectivity index (χ2n) is 6.93. The monoisotopic (exact) mass is 515 g/mol. The smallest absolute Gasteiger partial charge is 0.248 e. The van der Waals surface area contributed by atoms with Gasteiger partial charge in [0.2, 0.25) is 5.91 Å². The van der Waals surface area contributed by atoms with Gasteiger partial charge >= 0.3 is 0 Å². The molecule has 0 aliphatic heterocycles. The number of carbonyl (C=O) groups is 1. The fraction of sp³-hybridized carbons (Fsp3) is 0.160. The first-order chi connectivity index (χ1) is 15.4. The zero-order valence-electron chi connectivity index (χ0n) is 17.9. The number of hydrogen-bond donors (Lipinski definition) is 1. The highest BCUT2D eigenvalue weighted by Crippen LogP contribution is 2.37. The van der Waals surface area contributed by atoms with E-state index in [1.807, 2.05) is 49.4 Å². The molecule has 1 N–H and O–H groups in total. The molecule has 0 atom stereocenters. The van der Waals surface area contributed by atoms with E-state index in [2.05, 4.69) is 21.2 Å². The van der Waals surface area contributed by atoms with Crippen LogP contribution in [0, 0.1) is 6.92 Å². The van der Waals surface area contributed by atoms with Gasteiger partial charge in [0.05, 0.1) is 24.4 Å². The van der Waals surface area contributed by atoms with Crippen molar-refractivity contribution in [1.29, 1.82) is 0 Å². The molecule has 5 nitrogen and oxygen atoms in total. The lowest BCUT2D eigenvalue weighted by atomic mass is 10.1. The van der Waals surface area contributed by atoms with E-state index in [-0.39, 0.29) is 5.91 Å². The first-order valence-corrected chi connectivity index (χ1v) is 11.0. The minimum Gasteiger partial charge on any atom is -0.495 e. The number of rotatable bonds is 8. The molecule has 1 amide bonds. The number of halogens is 2. The first-order valence-electron chi connectivity index (χ1n) is 9.78. The molecular weight excluding hydrogens is 494 g/mol. The van der Waals surface area contributed by atoms with Crippen LogP contribution in [-0.2, 0) is 11.4 Å². The van der Waals surface area contributed by atoms with Gasteiger partial charge in [-0.3, -0.25) is 4.79 Å². The van der Waals surface area contributed by atoms with Gasteiger partial charge in [0.25, 0.3) is 0 Å².